The van der Waals surface area contributed by atoms with E-state index in [0.29, 0.717) is 33.5 Å². The van der Waals surface area contributed by atoms with Crippen molar-refractivity contribution in [1.82, 2.24) is 4.90 Å². The molecule has 0 radical (unpaired) electrons. The average molecular weight is 351 g/mol. The summed E-state index contributed by atoms with van der Waals surface area (Å²) in [6, 6.07) is 7.04. The summed E-state index contributed by atoms with van der Waals surface area (Å²) in [6.45, 7) is 4.13. The summed E-state index contributed by atoms with van der Waals surface area (Å²) in [4.78, 5) is 25.4. The molecule has 1 amide bonds. The molecule has 5 nitrogen and oxygen atoms in total. The normalized spacial score (nSPS) is 17.7. The number of hydrogen-bond donors (Lipinski definition) is 1. The van der Waals surface area contributed by atoms with Crippen molar-refractivity contribution in [3.05, 3.63) is 34.7 Å². The van der Waals surface area contributed by atoms with Crippen LogP contribution in [0.15, 0.2) is 29.2 Å². The number of hydrogen-bond acceptors (Lipinski definition) is 5. The fourth-order valence-corrected chi connectivity index (χ4v) is 3.46. The van der Waals surface area contributed by atoms with Gasteiger partial charge in [-0.15, -0.1) is 0 Å². The number of carbonyl (C=O) groups excluding carboxylic acids is 1. The van der Waals surface area contributed by atoms with E-state index in [0.717, 1.165) is 0 Å². The Labute approximate surface area is 144 Å². The number of carboxylic acids is 1. The molecule has 0 bridgehead atoms. The molecular weight excluding hydrogens is 334 g/mol. The van der Waals surface area contributed by atoms with E-state index < -0.39 is 12.1 Å². The summed E-state index contributed by atoms with van der Waals surface area (Å²) in [5.74, 6) is -0.717. The molecule has 23 heavy (non-hydrogen) atoms. The maximum atomic E-state index is 12.3. The fourth-order valence-electron chi connectivity index (χ4n) is 2.08. The zero-order chi connectivity index (χ0) is 17.0. The number of likely N-dealkylation sites (N-methyl/N-ethyl adjacent to an activating group) is 1. The number of amides is 1. The minimum absolute atomic E-state index is 0.137. The first kappa shape index (κ1) is 17.5. The van der Waals surface area contributed by atoms with E-state index in [1.807, 2.05) is 6.92 Å². The van der Waals surface area contributed by atoms with Crippen LogP contribution in [0.4, 0.5) is 0 Å². The Morgan fingerprint density at radius 3 is 2.70 bits per heavy atom. The van der Waals surface area contributed by atoms with E-state index in [-0.39, 0.29) is 5.91 Å². The highest BCUT2D eigenvalue weighted by Gasteiger charge is 2.31. The number of rotatable bonds is 6. The van der Waals surface area contributed by atoms with Gasteiger partial charge in [0.05, 0.1) is 4.91 Å². The third-order valence-corrected chi connectivity index (χ3v) is 4.69. The van der Waals surface area contributed by atoms with Gasteiger partial charge >= 0.3 is 5.97 Å². The Morgan fingerprint density at radius 2 is 2.13 bits per heavy atom. The third-order valence-electron chi connectivity index (χ3n) is 3.31. The van der Waals surface area contributed by atoms with Crippen molar-refractivity contribution in [3.63, 3.8) is 0 Å². The van der Waals surface area contributed by atoms with E-state index in [1.165, 1.54) is 16.7 Å². The number of thioether (sulfide) groups is 1. The highest BCUT2D eigenvalue weighted by Crippen LogP contribution is 2.34. The summed E-state index contributed by atoms with van der Waals surface area (Å²) < 4.78 is 6.10. The first-order valence-corrected chi connectivity index (χ1v) is 8.44. The summed E-state index contributed by atoms with van der Waals surface area (Å²) >= 11 is 6.42. The second-order valence-corrected chi connectivity index (χ2v) is 6.49. The number of aliphatic carboxylic acids is 1. The summed E-state index contributed by atoms with van der Waals surface area (Å²) in [5, 5.41) is 9.13. The molecule has 0 aromatic heterocycles. The Hall–Kier alpha value is -1.86. The second kappa shape index (κ2) is 7.61. The van der Waals surface area contributed by atoms with Crippen LogP contribution < -0.4 is 4.74 Å². The van der Waals surface area contributed by atoms with Crippen LogP contribution in [-0.4, -0.2) is 38.9 Å². The van der Waals surface area contributed by atoms with Gasteiger partial charge in [0.15, 0.2) is 6.10 Å². The summed E-state index contributed by atoms with van der Waals surface area (Å²) in [6.07, 6.45) is 1.12. The number of carbonyl (C=O) groups is 2. The van der Waals surface area contributed by atoms with Gasteiger partial charge in [0.1, 0.15) is 10.1 Å². The number of nitrogens with zero attached hydrogens (tertiary/aromatic N) is 1. The number of para-hydroxylation sites is 1. The molecule has 2 rings (SSSR count). The molecular formula is C16H17NO4S2. The highest BCUT2D eigenvalue weighted by atomic mass is 32.2. The molecule has 0 aliphatic carbocycles. The Kier molecular flexibility index (Phi) is 5.79. The summed E-state index contributed by atoms with van der Waals surface area (Å²) in [7, 11) is 0. The van der Waals surface area contributed by atoms with Crippen molar-refractivity contribution in [3.8, 4) is 5.75 Å². The smallest absolute Gasteiger partial charge is 0.344 e. The molecule has 1 heterocycles. The van der Waals surface area contributed by atoms with Gasteiger partial charge in [-0.3, -0.25) is 9.69 Å². The molecule has 1 aromatic rings. The van der Waals surface area contributed by atoms with Crippen molar-refractivity contribution >= 4 is 46.3 Å². The fraction of sp³-hybridized carbons (Fsp3) is 0.312. The zero-order valence-corrected chi connectivity index (χ0v) is 14.4. The van der Waals surface area contributed by atoms with Crippen molar-refractivity contribution in [2.75, 3.05) is 6.54 Å². The van der Waals surface area contributed by atoms with Crippen LogP contribution >= 0.6 is 24.0 Å². The number of carboxylic acid groups (broad SMARTS) is 1. The predicted molar refractivity (Wildman–Crippen MR) is 94.3 cm³/mol. The minimum Gasteiger partial charge on any atom is -0.479 e. The molecule has 7 heteroatoms. The SMILES string of the molecule is CCC(Oc1ccccc1/C=C1/SC(=S)N(CC)C1=O)C(=O)O. The van der Waals surface area contributed by atoms with E-state index in [2.05, 4.69) is 0 Å². The van der Waals surface area contributed by atoms with E-state index in [9.17, 15) is 9.59 Å². The van der Waals surface area contributed by atoms with Gasteiger partial charge in [-0.2, -0.15) is 0 Å². The van der Waals surface area contributed by atoms with Crippen LogP contribution in [0.1, 0.15) is 25.8 Å². The zero-order valence-electron chi connectivity index (χ0n) is 12.8. The van der Waals surface area contributed by atoms with Gasteiger partial charge in [-0.1, -0.05) is 49.1 Å². The molecule has 0 spiro atoms. The molecule has 1 N–H and O–H groups in total. The lowest BCUT2D eigenvalue weighted by atomic mass is 10.1. The van der Waals surface area contributed by atoms with Gasteiger partial charge in [0.25, 0.3) is 5.91 Å². The third kappa shape index (κ3) is 3.92. The molecule has 1 unspecified atom stereocenters. The van der Waals surface area contributed by atoms with Crippen molar-refractivity contribution in [2.24, 2.45) is 0 Å². The Morgan fingerprint density at radius 1 is 1.43 bits per heavy atom. The van der Waals surface area contributed by atoms with Crippen LogP contribution in [0, 0.1) is 0 Å². The molecule has 1 aliphatic rings. The van der Waals surface area contributed by atoms with E-state index >= 15 is 0 Å². The van der Waals surface area contributed by atoms with Crippen LogP contribution in [0.2, 0.25) is 0 Å². The van der Waals surface area contributed by atoms with Crippen molar-refractivity contribution in [1.29, 1.82) is 0 Å². The van der Waals surface area contributed by atoms with Gasteiger partial charge in [0.2, 0.25) is 0 Å². The van der Waals surface area contributed by atoms with Crippen LogP contribution in [0.5, 0.6) is 5.75 Å². The number of thiocarbonyl (C=S) groups is 1. The molecule has 1 saturated heterocycles. The first-order chi connectivity index (χ1) is 11.0. The van der Waals surface area contributed by atoms with E-state index in [4.69, 9.17) is 22.1 Å². The Balaban J connectivity index is 2.31. The van der Waals surface area contributed by atoms with Gasteiger partial charge in [-0.25, -0.2) is 4.79 Å². The number of benzene rings is 1. The summed E-state index contributed by atoms with van der Waals surface area (Å²) in [5.41, 5.74) is 0.656. The van der Waals surface area contributed by atoms with Gasteiger partial charge in [0, 0.05) is 12.1 Å². The monoisotopic (exact) mass is 351 g/mol. The van der Waals surface area contributed by atoms with Crippen LogP contribution in [0.3, 0.4) is 0 Å². The Bertz CT molecular complexity index is 672. The molecule has 1 fully saturated rings. The molecule has 1 aliphatic heterocycles. The maximum absolute atomic E-state index is 12.3. The molecule has 122 valence electrons. The topological polar surface area (TPSA) is 66.8 Å². The second-order valence-electron chi connectivity index (χ2n) is 4.82. The predicted octanol–water partition coefficient (Wildman–Crippen LogP) is 3.15. The van der Waals surface area contributed by atoms with Crippen molar-refractivity contribution in [2.45, 2.75) is 26.4 Å². The molecule has 0 saturated carbocycles. The van der Waals surface area contributed by atoms with Crippen LogP contribution in [0.25, 0.3) is 6.08 Å². The standard InChI is InChI=1S/C16H17NO4S2/c1-3-11(15(19)20)21-12-8-6-5-7-10(12)9-13-14(18)17(4-2)16(22)23-13/h5-9,11H,3-4H2,1-2H3,(H,19,20)/b13-9+. The molecule has 1 aromatic carbocycles. The average Bonchev–Trinajstić information content (AvgIpc) is 2.79. The van der Waals surface area contributed by atoms with Crippen molar-refractivity contribution < 1.29 is 19.4 Å². The number of ether oxygens (including phenoxy) is 1. The van der Waals surface area contributed by atoms with Gasteiger partial charge < -0.3 is 9.84 Å². The lowest BCUT2D eigenvalue weighted by Gasteiger charge is -2.15. The molecule has 1 atom stereocenters. The largest absolute Gasteiger partial charge is 0.479 e. The highest BCUT2D eigenvalue weighted by molar-refractivity contribution is 8.26. The lowest BCUT2D eigenvalue weighted by Crippen LogP contribution is -2.27. The quantitative estimate of drug-likeness (QED) is 0.627. The maximum Gasteiger partial charge on any atom is 0.344 e. The first-order valence-electron chi connectivity index (χ1n) is 7.21. The lowest BCUT2D eigenvalue weighted by molar-refractivity contribution is -0.145. The van der Waals surface area contributed by atoms with Gasteiger partial charge in [-0.05, 0) is 25.5 Å². The van der Waals surface area contributed by atoms with Crippen LogP contribution in [-0.2, 0) is 9.59 Å². The van der Waals surface area contributed by atoms with E-state index in [1.54, 1.807) is 37.3 Å². The minimum atomic E-state index is -1.01.